The van der Waals surface area contributed by atoms with E-state index in [1.165, 1.54) is 5.57 Å². The first kappa shape index (κ1) is 8.12. The van der Waals surface area contributed by atoms with E-state index in [9.17, 15) is 0 Å². The molecule has 1 aliphatic rings. The lowest BCUT2D eigenvalue weighted by Gasteiger charge is -1.95. The van der Waals surface area contributed by atoms with Gasteiger partial charge in [-0.1, -0.05) is 18.2 Å². The molecule has 11 heavy (non-hydrogen) atoms. The molecule has 0 N–H and O–H groups in total. The third kappa shape index (κ3) is 1.97. The lowest BCUT2D eigenvalue weighted by Crippen LogP contribution is -1.78. The summed E-state index contributed by atoms with van der Waals surface area (Å²) in [5.74, 6) is 1.04. The van der Waals surface area contributed by atoms with E-state index in [0.717, 1.165) is 18.8 Å². The molecule has 1 saturated heterocycles. The van der Waals surface area contributed by atoms with Gasteiger partial charge in [0.15, 0.2) is 0 Å². The summed E-state index contributed by atoms with van der Waals surface area (Å²) in [7, 11) is 0. The molecule has 0 aromatic carbocycles. The van der Waals surface area contributed by atoms with Crippen molar-refractivity contribution in [2.75, 3.05) is 6.61 Å². The normalized spacial score (nSPS) is 25.3. The Hall–Kier alpha value is -0.980. The number of rotatable bonds is 1. The Bertz CT molecular complexity index is 209. The summed E-state index contributed by atoms with van der Waals surface area (Å²) >= 11 is 0. The standard InChI is InChI=1S/C10H14O/c1-3-5-6-9-7-8-11-10(9)4-2/h3-6H,7-8H2,1-2H3. The largest absolute Gasteiger partial charge is 0.493 e. The van der Waals surface area contributed by atoms with Gasteiger partial charge in [0, 0.05) is 6.42 Å². The monoisotopic (exact) mass is 150 g/mol. The SMILES string of the molecule is CC=CC=C1CCOC1=CC. The number of hydrogen-bond acceptors (Lipinski definition) is 1. The first-order valence-corrected chi connectivity index (χ1v) is 4.00. The van der Waals surface area contributed by atoms with Crippen LogP contribution < -0.4 is 0 Å². The molecular weight excluding hydrogens is 136 g/mol. The van der Waals surface area contributed by atoms with E-state index in [1.807, 2.05) is 32.1 Å². The van der Waals surface area contributed by atoms with Gasteiger partial charge < -0.3 is 4.74 Å². The molecule has 60 valence electrons. The van der Waals surface area contributed by atoms with Crippen LogP contribution in [0.5, 0.6) is 0 Å². The van der Waals surface area contributed by atoms with Crippen LogP contribution in [0.1, 0.15) is 20.3 Å². The molecule has 0 aromatic rings. The first-order chi connectivity index (χ1) is 5.38. The van der Waals surface area contributed by atoms with E-state index in [0.29, 0.717) is 0 Å². The average molecular weight is 150 g/mol. The summed E-state index contributed by atoms with van der Waals surface area (Å²) in [5.41, 5.74) is 1.31. The van der Waals surface area contributed by atoms with Crippen LogP contribution in [0.4, 0.5) is 0 Å². The summed E-state index contributed by atoms with van der Waals surface area (Å²) in [6.45, 7) is 4.86. The molecule has 1 rings (SSSR count). The van der Waals surface area contributed by atoms with Crippen LogP contribution >= 0.6 is 0 Å². The molecule has 0 unspecified atom stereocenters. The second-order valence-corrected chi connectivity index (χ2v) is 2.47. The molecule has 0 saturated carbocycles. The topological polar surface area (TPSA) is 9.23 Å². The van der Waals surface area contributed by atoms with Gasteiger partial charge in [-0.3, -0.25) is 0 Å². The van der Waals surface area contributed by atoms with Crippen molar-refractivity contribution in [1.29, 1.82) is 0 Å². The lowest BCUT2D eigenvalue weighted by molar-refractivity contribution is 0.265. The zero-order valence-corrected chi connectivity index (χ0v) is 7.13. The molecule has 1 fully saturated rings. The minimum Gasteiger partial charge on any atom is -0.493 e. The van der Waals surface area contributed by atoms with E-state index in [-0.39, 0.29) is 0 Å². The van der Waals surface area contributed by atoms with Gasteiger partial charge >= 0.3 is 0 Å². The molecular formula is C10H14O. The highest BCUT2D eigenvalue weighted by Gasteiger charge is 2.11. The van der Waals surface area contributed by atoms with Crippen molar-refractivity contribution in [3.05, 3.63) is 35.6 Å². The van der Waals surface area contributed by atoms with Crippen LogP contribution in [-0.4, -0.2) is 6.61 Å². The maximum absolute atomic E-state index is 5.37. The molecule has 0 bridgehead atoms. The predicted molar refractivity (Wildman–Crippen MR) is 47.2 cm³/mol. The van der Waals surface area contributed by atoms with Crippen molar-refractivity contribution >= 4 is 0 Å². The molecule has 0 aliphatic carbocycles. The molecule has 0 aromatic heterocycles. The van der Waals surface area contributed by atoms with E-state index < -0.39 is 0 Å². The minimum atomic E-state index is 0.836. The van der Waals surface area contributed by atoms with E-state index >= 15 is 0 Å². The van der Waals surface area contributed by atoms with Crippen molar-refractivity contribution in [1.82, 2.24) is 0 Å². The van der Waals surface area contributed by atoms with E-state index in [4.69, 9.17) is 4.74 Å². The quantitative estimate of drug-likeness (QED) is 0.558. The molecule has 0 amide bonds. The molecule has 1 heteroatoms. The maximum atomic E-state index is 5.37. The Morgan fingerprint density at radius 2 is 2.18 bits per heavy atom. The second-order valence-electron chi connectivity index (χ2n) is 2.47. The fraction of sp³-hybridized carbons (Fsp3) is 0.400. The smallest absolute Gasteiger partial charge is 0.118 e. The third-order valence-electron chi connectivity index (χ3n) is 1.70. The summed E-state index contributed by atoms with van der Waals surface area (Å²) in [5, 5.41) is 0. The van der Waals surface area contributed by atoms with Crippen LogP contribution in [0.2, 0.25) is 0 Å². The molecule has 0 spiro atoms. The highest BCUT2D eigenvalue weighted by Crippen LogP contribution is 2.23. The third-order valence-corrected chi connectivity index (χ3v) is 1.70. The molecule has 1 nitrogen and oxygen atoms in total. The average Bonchev–Trinajstić information content (AvgIpc) is 2.47. The summed E-state index contributed by atoms with van der Waals surface area (Å²) < 4.78 is 5.37. The van der Waals surface area contributed by atoms with Crippen molar-refractivity contribution in [3.63, 3.8) is 0 Å². The molecule has 1 heterocycles. The number of allylic oxidation sites excluding steroid dienone is 5. The van der Waals surface area contributed by atoms with Crippen LogP contribution in [0, 0.1) is 0 Å². The lowest BCUT2D eigenvalue weighted by atomic mass is 10.1. The predicted octanol–water partition coefficient (Wildman–Crippen LogP) is 2.81. The summed E-state index contributed by atoms with van der Waals surface area (Å²) in [6.07, 6.45) is 9.25. The van der Waals surface area contributed by atoms with Crippen LogP contribution in [0.3, 0.4) is 0 Å². The summed E-state index contributed by atoms with van der Waals surface area (Å²) in [6, 6.07) is 0. The van der Waals surface area contributed by atoms with Gasteiger partial charge in [-0.05, 0) is 25.5 Å². The molecule has 0 radical (unpaired) electrons. The fourth-order valence-corrected chi connectivity index (χ4v) is 1.13. The fourth-order valence-electron chi connectivity index (χ4n) is 1.13. The van der Waals surface area contributed by atoms with Gasteiger partial charge in [-0.25, -0.2) is 0 Å². The Morgan fingerprint density at radius 1 is 1.36 bits per heavy atom. The maximum Gasteiger partial charge on any atom is 0.118 e. The first-order valence-electron chi connectivity index (χ1n) is 4.00. The van der Waals surface area contributed by atoms with Gasteiger partial charge in [0.1, 0.15) is 5.76 Å². The molecule has 1 aliphatic heterocycles. The van der Waals surface area contributed by atoms with Gasteiger partial charge in [-0.15, -0.1) is 0 Å². The zero-order chi connectivity index (χ0) is 8.10. The van der Waals surface area contributed by atoms with Crippen LogP contribution in [0.15, 0.2) is 35.6 Å². The van der Waals surface area contributed by atoms with Crippen LogP contribution in [-0.2, 0) is 4.74 Å². The Kier molecular flexibility index (Phi) is 2.96. The highest BCUT2D eigenvalue weighted by atomic mass is 16.5. The Morgan fingerprint density at radius 3 is 2.82 bits per heavy atom. The minimum absolute atomic E-state index is 0.836. The van der Waals surface area contributed by atoms with Gasteiger partial charge in [-0.2, -0.15) is 0 Å². The van der Waals surface area contributed by atoms with Crippen molar-refractivity contribution in [3.8, 4) is 0 Å². The van der Waals surface area contributed by atoms with Crippen LogP contribution in [0.25, 0.3) is 0 Å². The zero-order valence-electron chi connectivity index (χ0n) is 7.13. The summed E-state index contributed by atoms with van der Waals surface area (Å²) in [4.78, 5) is 0. The molecule has 0 atom stereocenters. The highest BCUT2D eigenvalue weighted by molar-refractivity contribution is 5.31. The van der Waals surface area contributed by atoms with Crippen molar-refractivity contribution in [2.45, 2.75) is 20.3 Å². The van der Waals surface area contributed by atoms with Gasteiger partial charge in [0.25, 0.3) is 0 Å². The Labute approximate surface area is 68.1 Å². The van der Waals surface area contributed by atoms with Crippen molar-refractivity contribution < 1.29 is 4.74 Å². The van der Waals surface area contributed by atoms with E-state index in [2.05, 4.69) is 6.08 Å². The number of ether oxygens (including phenoxy) is 1. The van der Waals surface area contributed by atoms with Gasteiger partial charge in [0.2, 0.25) is 0 Å². The van der Waals surface area contributed by atoms with Crippen molar-refractivity contribution in [2.24, 2.45) is 0 Å². The number of hydrogen-bond donors (Lipinski definition) is 0. The van der Waals surface area contributed by atoms with E-state index in [1.54, 1.807) is 0 Å². The second kappa shape index (κ2) is 4.02. The Balaban J connectivity index is 2.71. The van der Waals surface area contributed by atoms with Gasteiger partial charge in [0.05, 0.1) is 6.61 Å².